The predicted octanol–water partition coefficient (Wildman–Crippen LogP) is 4.85. The number of ether oxygens (including phenoxy) is 1. The fraction of sp³-hybridized carbons (Fsp3) is 0.440. The van der Waals surface area contributed by atoms with Crippen LogP contribution in [0.5, 0.6) is 5.75 Å². The fourth-order valence-corrected chi connectivity index (χ4v) is 8.03. The molecule has 0 aliphatic carbocycles. The molecule has 2 fully saturated rings. The normalized spacial score (nSPS) is 21.8. The third kappa shape index (κ3) is 4.10. The Morgan fingerprint density at radius 1 is 1.09 bits per heavy atom. The quantitative estimate of drug-likeness (QED) is 0.502. The summed E-state index contributed by atoms with van der Waals surface area (Å²) in [6, 6.07) is 12.5. The number of nitrogens with zero attached hydrogens (tertiary/aromatic N) is 3. The Labute approximate surface area is 204 Å². The van der Waals surface area contributed by atoms with E-state index in [4.69, 9.17) is 9.72 Å². The summed E-state index contributed by atoms with van der Waals surface area (Å²) in [5.41, 5.74) is 1.30. The number of amides is 1. The number of hydrogen-bond acceptors (Lipinski definition) is 6. The smallest absolute Gasteiger partial charge is 0.254 e. The van der Waals surface area contributed by atoms with Crippen LogP contribution in [0, 0.1) is 0 Å². The largest absolute Gasteiger partial charge is 0.495 e. The molecule has 34 heavy (non-hydrogen) atoms. The zero-order valence-electron chi connectivity index (χ0n) is 19.4. The van der Waals surface area contributed by atoms with Crippen molar-refractivity contribution < 1.29 is 17.9 Å². The van der Waals surface area contributed by atoms with Gasteiger partial charge in [0, 0.05) is 24.7 Å². The molecular formula is C25H29N3O4S2. The summed E-state index contributed by atoms with van der Waals surface area (Å²) in [6.07, 6.45) is 4.42. The van der Waals surface area contributed by atoms with Gasteiger partial charge in [-0.3, -0.25) is 4.79 Å². The Hall–Kier alpha value is -2.49. The number of rotatable bonds is 5. The van der Waals surface area contributed by atoms with Gasteiger partial charge in [-0.1, -0.05) is 18.6 Å². The number of fused-ring (bicyclic) bond motifs is 1. The van der Waals surface area contributed by atoms with Crippen LogP contribution in [0.2, 0.25) is 0 Å². The first kappa shape index (κ1) is 23.3. The molecule has 2 aromatic carbocycles. The van der Waals surface area contributed by atoms with Gasteiger partial charge >= 0.3 is 0 Å². The molecule has 0 saturated carbocycles. The van der Waals surface area contributed by atoms with E-state index >= 15 is 0 Å². The maximum atomic E-state index is 13.6. The van der Waals surface area contributed by atoms with Crippen LogP contribution >= 0.6 is 11.3 Å². The van der Waals surface area contributed by atoms with Crippen LogP contribution in [0.4, 0.5) is 0 Å². The van der Waals surface area contributed by atoms with Crippen molar-refractivity contribution >= 4 is 37.5 Å². The third-order valence-electron chi connectivity index (χ3n) is 6.85. The van der Waals surface area contributed by atoms with Crippen LogP contribution in [-0.4, -0.2) is 54.8 Å². The Morgan fingerprint density at radius 3 is 2.68 bits per heavy atom. The van der Waals surface area contributed by atoms with Crippen molar-refractivity contribution in [2.45, 2.75) is 56.0 Å². The second-order valence-electron chi connectivity index (χ2n) is 9.00. The lowest BCUT2D eigenvalue weighted by molar-refractivity contribution is 0.0735. The molecule has 3 aromatic rings. The van der Waals surface area contributed by atoms with Gasteiger partial charge in [0.25, 0.3) is 5.91 Å². The highest BCUT2D eigenvalue weighted by atomic mass is 32.2. The Bertz CT molecular complexity index is 1290. The van der Waals surface area contributed by atoms with Crippen LogP contribution in [0.1, 0.15) is 60.4 Å². The maximum absolute atomic E-state index is 13.6. The predicted molar refractivity (Wildman–Crippen MR) is 133 cm³/mol. The third-order valence-corrected chi connectivity index (χ3v) is 10.0. The van der Waals surface area contributed by atoms with Gasteiger partial charge in [-0.2, -0.15) is 4.31 Å². The van der Waals surface area contributed by atoms with Gasteiger partial charge in [0.05, 0.1) is 23.4 Å². The SMILES string of the molecule is COc1ccc(C(=O)N2CCC[C@H]2c2nc3ccccc3s2)cc1S(=O)(=O)N1CCCC[C@H]1C. The second-order valence-corrected chi connectivity index (χ2v) is 11.9. The minimum Gasteiger partial charge on any atom is -0.495 e. The molecule has 2 aliphatic rings. The van der Waals surface area contributed by atoms with Crippen molar-refractivity contribution in [3.05, 3.63) is 53.0 Å². The van der Waals surface area contributed by atoms with Gasteiger partial charge in [-0.25, -0.2) is 13.4 Å². The molecule has 1 amide bonds. The highest BCUT2D eigenvalue weighted by molar-refractivity contribution is 7.89. The molecule has 7 nitrogen and oxygen atoms in total. The van der Waals surface area contributed by atoms with Crippen molar-refractivity contribution in [2.75, 3.05) is 20.2 Å². The standard InChI is InChI=1S/C25H29N3O4S2/c1-17-8-5-6-15-28(17)34(30,31)23-16-18(12-13-21(23)32-2)25(29)27-14-7-10-20(27)24-26-19-9-3-4-11-22(19)33-24/h3-4,9,11-13,16-17,20H,5-8,10,14-15H2,1-2H3/t17-,20+/m1/s1. The molecule has 3 heterocycles. The van der Waals surface area contributed by atoms with E-state index in [9.17, 15) is 13.2 Å². The number of piperidine rings is 1. The van der Waals surface area contributed by atoms with Gasteiger partial charge in [0.2, 0.25) is 10.0 Å². The number of sulfonamides is 1. The number of benzene rings is 2. The van der Waals surface area contributed by atoms with E-state index < -0.39 is 10.0 Å². The van der Waals surface area contributed by atoms with Crippen molar-refractivity contribution in [2.24, 2.45) is 0 Å². The van der Waals surface area contributed by atoms with Gasteiger partial charge in [-0.15, -0.1) is 11.3 Å². The van der Waals surface area contributed by atoms with Crippen molar-refractivity contribution in [3.63, 3.8) is 0 Å². The summed E-state index contributed by atoms with van der Waals surface area (Å²) in [7, 11) is -2.33. The monoisotopic (exact) mass is 499 g/mol. The summed E-state index contributed by atoms with van der Waals surface area (Å²) in [4.78, 5) is 20.3. The lowest BCUT2D eigenvalue weighted by Gasteiger charge is -2.32. The maximum Gasteiger partial charge on any atom is 0.254 e. The van der Waals surface area contributed by atoms with Crippen LogP contribution in [0.15, 0.2) is 47.4 Å². The minimum absolute atomic E-state index is 0.0605. The van der Waals surface area contributed by atoms with E-state index in [1.807, 2.05) is 36.1 Å². The van der Waals surface area contributed by atoms with Gasteiger partial charge in [-0.05, 0) is 62.9 Å². The molecule has 0 bridgehead atoms. The number of carbonyl (C=O) groups excluding carboxylic acids is 1. The zero-order valence-corrected chi connectivity index (χ0v) is 21.1. The summed E-state index contributed by atoms with van der Waals surface area (Å²) in [5, 5.41) is 0.926. The Kier molecular flexibility index (Phi) is 6.35. The molecule has 0 radical (unpaired) electrons. The topological polar surface area (TPSA) is 79.8 Å². The Morgan fingerprint density at radius 2 is 1.91 bits per heavy atom. The van der Waals surface area contributed by atoms with E-state index in [1.165, 1.54) is 13.2 Å². The molecule has 9 heteroatoms. The highest BCUT2D eigenvalue weighted by Gasteiger charge is 2.36. The molecule has 2 aliphatic heterocycles. The Balaban J connectivity index is 1.48. The van der Waals surface area contributed by atoms with E-state index in [-0.39, 0.29) is 28.6 Å². The van der Waals surface area contributed by atoms with E-state index in [1.54, 1.807) is 27.8 Å². The van der Waals surface area contributed by atoms with E-state index in [0.29, 0.717) is 18.7 Å². The summed E-state index contributed by atoms with van der Waals surface area (Å²) < 4.78 is 35.2. The van der Waals surface area contributed by atoms with Gasteiger partial charge in [0.15, 0.2) is 0 Å². The first-order chi connectivity index (χ1) is 16.4. The van der Waals surface area contributed by atoms with Gasteiger partial charge in [0.1, 0.15) is 15.7 Å². The highest BCUT2D eigenvalue weighted by Crippen LogP contribution is 2.38. The van der Waals surface area contributed by atoms with Crippen LogP contribution in [-0.2, 0) is 10.0 Å². The summed E-state index contributed by atoms with van der Waals surface area (Å²) >= 11 is 1.62. The summed E-state index contributed by atoms with van der Waals surface area (Å²) in [6.45, 7) is 3.04. The number of likely N-dealkylation sites (tertiary alicyclic amines) is 1. The van der Waals surface area contributed by atoms with Crippen LogP contribution < -0.4 is 4.74 Å². The van der Waals surface area contributed by atoms with Gasteiger partial charge < -0.3 is 9.64 Å². The van der Waals surface area contributed by atoms with Crippen molar-refractivity contribution in [1.29, 1.82) is 0 Å². The molecule has 0 unspecified atom stereocenters. The lowest BCUT2D eigenvalue weighted by Crippen LogP contribution is -2.42. The second kappa shape index (κ2) is 9.28. The van der Waals surface area contributed by atoms with Crippen LogP contribution in [0.25, 0.3) is 10.2 Å². The molecule has 180 valence electrons. The fourth-order valence-electron chi connectivity index (χ4n) is 5.03. The minimum atomic E-state index is -3.79. The molecule has 0 spiro atoms. The first-order valence-electron chi connectivity index (χ1n) is 11.8. The van der Waals surface area contributed by atoms with Crippen LogP contribution in [0.3, 0.4) is 0 Å². The average molecular weight is 500 g/mol. The molecule has 1 aromatic heterocycles. The van der Waals surface area contributed by atoms with Crippen molar-refractivity contribution in [1.82, 2.24) is 14.2 Å². The molecule has 2 saturated heterocycles. The summed E-state index contributed by atoms with van der Waals surface area (Å²) in [5.74, 6) is 0.0889. The molecule has 2 atom stereocenters. The molecule has 5 rings (SSSR count). The molecule has 0 N–H and O–H groups in total. The van der Waals surface area contributed by atoms with Crippen molar-refractivity contribution in [3.8, 4) is 5.75 Å². The number of carbonyl (C=O) groups is 1. The number of para-hydroxylation sites is 1. The number of methoxy groups -OCH3 is 1. The number of thiazole rings is 1. The lowest BCUT2D eigenvalue weighted by atomic mass is 10.1. The zero-order chi connectivity index (χ0) is 23.9. The van der Waals surface area contributed by atoms with E-state index in [0.717, 1.165) is 47.3 Å². The average Bonchev–Trinajstić information content (AvgIpc) is 3.50. The number of hydrogen-bond donors (Lipinski definition) is 0. The molecular weight excluding hydrogens is 470 g/mol. The van der Waals surface area contributed by atoms with E-state index in [2.05, 4.69) is 0 Å². The number of aromatic nitrogens is 1. The first-order valence-corrected chi connectivity index (χ1v) is 14.0.